The second-order valence-corrected chi connectivity index (χ2v) is 6.96. The Labute approximate surface area is 132 Å². The van der Waals surface area contributed by atoms with Gasteiger partial charge in [-0.3, -0.25) is 4.79 Å². The molecule has 1 aromatic carbocycles. The predicted molar refractivity (Wildman–Crippen MR) is 87.1 cm³/mol. The summed E-state index contributed by atoms with van der Waals surface area (Å²) in [5.74, 6) is 0.896. The van der Waals surface area contributed by atoms with Crippen molar-refractivity contribution in [3.63, 3.8) is 0 Å². The molecule has 0 heterocycles. The Bertz CT molecular complexity index is 559. The van der Waals surface area contributed by atoms with Crippen LogP contribution >= 0.6 is 0 Å². The van der Waals surface area contributed by atoms with E-state index in [1.54, 1.807) is 14.0 Å². The lowest BCUT2D eigenvalue weighted by atomic mass is 9.90. The van der Waals surface area contributed by atoms with Crippen molar-refractivity contribution < 1.29 is 14.6 Å². The van der Waals surface area contributed by atoms with Gasteiger partial charge in [-0.15, -0.1) is 0 Å². The Hall–Kier alpha value is -1.55. The van der Waals surface area contributed by atoms with E-state index >= 15 is 0 Å². The van der Waals surface area contributed by atoms with Crippen molar-refractivity contribution in [1.29, 1.82) is 0 Å². The summed E-state index contributed by atoms with van der Waals surface area (Å²) in [5, 5.41) is 13.2. The van der Waals surface area contributed by atoms with Gasteiger partial charge in [0, 0.05) is 6.54 Å². The van der Waals surface area contributed by atoms with Crippen LogP contribution in [0.3, 0.4) is 0 Å². The monoisotopic (exact) mass is 305 g/mol. The zero-order valence-corrected chi connectivity index (χ0v) is 14.2. The van der Waals surface area contributed by atoms with E-state index in [-0.39, 0.29) is 18.4 Å². The fourth-order valence-electron chi connectivity index (χ4n) is 2.52. The normalized spacial score (nSPS) is 18.7. The molecule has 0 bridgehead atoms. The van der Waals surface area contributed by atoms with Crippen molar-refractivity contribution in [2.45, 2.75) is 51.6 Å². The largest absolute Gasteiger partial charge is 0.496 e. The molecule has 1 amide bonds. The van der Waals surface area contributed by atoms with Crippen molar-refractivity contribution in [2.75, 3.05) is 13.7 Å². The fourth-order valence-corrected chi connectivity index (χ4v) is 2.52. The molecule has 1 aliphatic carbocycles. The van der Waals surface area contributed by atoms with Crippen molar-refractivity contribution in [2.24, 2.45) is 5.92 Å². The van der Waals surface area contributed by atoms with Crippen LogP contribution in [0.2, 0.25) is 0 Å². The zero-order valence-electron chi connectivity index (χ0n) is 14.2. The van der Waals surface area contributed by atoms with E-state index in [0.717, 1.165) is 29.7 Å². The molecule has 0 saturated heterocycles. The molecule has 1 fully saturated rings. The van der Waals surface area contributed by atoms with Gasteiger partial charge in [-0.1, -0.05) is 26.0 Å². The number of aliphatic hydroxyl groups is 1. The van der Waals surface area contributed by atoms with Crippen molar-refractivity contribution in [1.82, 2.24) is 5.32 Å². The number of carbonyl (C=O) groups excluding carboxylic acids is 1. The maximum atomic E-state index is 12.6. The van der Waals surface area contributed by atoms with E-state index in [1.165, 1.54) is 0 Å². The number of rotatable bonds is 6. The molecule has 0 aliphatic heterocycles. The molecule has 122 valence electrons. The Morgan fingerprint density at radius 3 is 2.59 bits per heavy atom. The molecule has 2 N–H and O–H groups in total. The number of aryl methyl sites for hydroxylation is 1. The van der Waals surface area contributed by atoms with E-state index < -0.39 is 11.0 Å². The van der Waals surface area contributed by atoms with Gasteiger partial charge in [-0.25, -0.2) is 0 Å². The molecule has 1 aliphatic rings. The van der Waals surface area contributed by atoms with Crippen LogP contribution in [-0.4, -0.2) is 30.3 Å². The number of carbonyl (C=O) groups is 1. The minimum Gasteiger partial charge on any atom is -0.496 e. The van der Waals surface area contributed by atoms with Crippen LogP contribution in [0, 0.1) is 12.8 Å². The number of hydrogen-bond donors (Lipinski definition) is 2. The molecule has 22 heavy (non-hydrogen) atoms. The van der Waals surface area contributed by atoms with Crippen LogP contribution in [-0.2, 0) is 10.2 Å². The summed E-state index contributed by atoms with van der Waals surface area (Å²) < 4.78 is 5.36. The summed E-state index contributed by atoms with van der Waals surface area (Å²) in [6.07, 6.45) is 1.68. The number of methoxy groups -OCH3 is 1. The number of amides is 1. The van der Waals surface area contributed by atoms with Crippen LogP contribution in [0.5, 0.6) is 5.75 Å². The highest BCUT2D eigenvalue weighted by molar-refractivity contribution is 5.91. The molecule has 2 rings (SSSR count). The van der Waals surface area contributed by atoms with Gasteiger partial charge in [0.2, 0.25) is 5.91 Å². The third-order valence-electron chi connectivity index (χ3n) is 5.00. The highest BCUT2D eigenvalue weighted by Crippen LogP contribution is 2.49. The number of nitrogens with one attached hydrogen (secondary N) is 1. The second-order valence-electron chi connectivity index (χ2n) is 6.96. The van der Waals surface area contributed by atoms with E-state index in [4.69, 9.17) is 4.74 Å². The number of benzene rings is 1. The summed E-state index contributed by atoms with van der Waals surface area (Å²) in [6.45, 7) is 7.91. The fraction of sp³-hybridized carbons (Fsp3) is 0.611. The van der Waals surface area contributed by atoms with Gasteiger partial charge in [-0.2, -0.15) is 0 Å². The number of ether oxygens (including phenoxy) is 1. The smallest absolute Gasteiger partial charge is 0.230 e. The summed E-state index contributed by atoms with van der Waals surface area (Å²) >= 11 is 0. The lowest BCUT2D eigenvalue weighted by Gasteiger charge is -2.29. The third-order valence-corrected chi connectivity index (χ3v) is 5.00. The van der Waals surface area contributed by atoms with Gasteiger partial charge in [0.1, 0.15) is 5.75 Å². The first-order valence-electron chi connectivity index (χ1n) is 7.89. The first-order valence-corrected chi connectivity index (χ1v) is 7.89. The minimum absolute atomic E-state index is 0.000619. The predicted octanol–water partition coefficient (Wildman–Crippen LogP) is 2.56. The van der Waals surface area contributed by atoms with Crippen LogP contribution in [0.4, 0.5) is 0 Å². The van der Waals surface area contributed by atoms with E-state index in [1.807, 2.05) is 39.0 Å². The molecule has 1 aromatic rings. The summed E-state index contributed by atoms with van der Waals surface area (Å²) in [4.78, 5) is 12.6. The Morgan fingerprint density at radius 1 is 1.45 bits per heavy atom. The molecular formula is C18H27NO3. The number of hydrogen-bond acceptors (Lipinski definition) is 3. The van der Waals surface area contributed by atoms with Gasteiger partial charge < -0.3 is 15.2 Å². The van der Waals surface area contributed by atoms with Crippen LogP contribution in [0.15, 0.2) is 18.2 Å². The van der Waals surface area contributed by atoms with Gasteiger partial charge in [0.15, 0.2) is 0 Å². The zero-order chi connectivity index (χ0) is 16.5. The maximum Gasteiger partial charge on any atom is 0.230 e. The van der Waals surface area contributed by atoms with Gasteiger partial charge in [-0.05, 0) is 49.8 Å². The van der Waals surface area contributed by atoms with Crippen molar-refractivity contribution in [3.8, 4) is 5.75 Å². The van der Waals surface area contributed by atoms with Crippen LogP contribution in [0.1, 0.15) is 44.7 Å². The summed E-state index contributed by atoms with van der Waals surface area (Å²) in [6, 6.07) is 5.96. The standard InChI is InChI=1S/C18H27NO3/c1-12(2)17(4,21)11-19-16(20)18(8-9-18)14-7-6-13(3)15(10-14)22-5/h6-7,10,12,21H,8-9,11H2,1-5H3,(H,19,20). The second kappa shape index (κ2) is 5.92. The van der Waals surface area contributed by atoms with E-state index in [9.17, 15) is 9.90 Å². The van der Waals surface area contributed by atoms with Crippen molar-refractivity contribution >= 4 is 5.91 Å². The Morgan fingerprint density at radius 2 is 2.09 bits per heavy atom. The van der Waals surface area contributed by atoms with Crippen LogP contribution < -0.4 is 10.1 Å². The topological polar surface area (TPSA) is 58.6 Å². The highest BCUT2D eigenvalue weighted by Gasteiger charge is 2.51. The molecule has 0 radical (unpaired) electrons. The molecule has 1 saturated carbocycles. The lowest BCUT2D eigenvalue weighted by Crippen LogP contribution is -2.47. The summed E-state index contributed by atoms with van der Waals surface area (Å²) in [7, 11) is 1.64. The van der Waals surface area contributed by atoms with E-state index in [2.05, 4.69) is 5.32 Å². The quantitative estimate of drug-likeness (QED) is 0.849. The molecule has 1 unspecified atom stereocenters. The SMILES string of the molecule is COc1cc(C2(C(=O)NCC(C)(O)C(C)C)CC2)ccc1C. The molecular weight excluding hydrogens is 278 g/mol. The average Bonchev–Trinajstić information content (AvgIpc) is 3.27. The highest BCUT2D eigenvalue weighted by atomic mass is 16.5. The maximum absolute atomic E-state index is 12.6. The Kier molecular flexibility index (Phi) is 4.52. The Balaban J connectivity index is 2.12. The first-order chi connectivity index (χ1) is 10.2. The molecule has 4 nitrogen and oxygen atoms in total. The van der Waals surface area contributed by atoms with Gasteiger partial charge >= 0.3 is 0 Å². The molecule has 0 aromatic heterocycles. The van der Waals surface area contributed by atoms with Gasteiger partial charge in [0.05, 0.1) is 18.1 Å². The van der Waals surface area contributed by atoms with Crippen molar-refractivity contribution in [3.05, 3.63) is 29.3 Å². The van der Waals surface area contributed by atoms with Crippen LogP contribution in [0.25, 0.3) is 0 Å². The average molecular weight is 305 g/mol. The molecule has 0 spiro atoms. The summed E-state index contributed by atoms with van der Waals surface area (Å²) in [5.41, 5.74) is 0.715. The molecule has 4 heteroatoms. The third kappa shape index (κ3) is 3.12. The lowest BCUT2D eigenvalue weighted by molar-refractivity contribution is -0.125. The first kappa shape index (κ1) is 16.8. The minimum atomic E-state index is -0.892. The molecule has 1 atom stereocenters. The van der Waals surface area contributed by atoms with Gasteiger partial charge in [0.25, 0.3) is 0 Å². The van der Waals surface area contributed by atoms with E-state index in [0.29, 0.717) is 0 Å².